The monoisotopic (exact) mass is 371 g/mol. The van der Waals surface area contributed by atoms with E-state index in [0.29, 0.717) is 16.8 Å². The van der Waals surface area contributed by atoms with E-state index in [0.717, 1.165) is 21.3 Å². The van der Waals surface area contributed by atoms with Crippen molar-refractivity contribution in [1.82, 2.24) is 5.32 Å². The number of thiophene rings is 1. The first-order chi connectivity index (χ1) is 12.5. The molecule has 1 aromatic carbocycles. The SMILES string of the molecule is COCC(=O)C1=C(C)NC(C)=C(C(=O)OC)C1c1csc2ccccc12. The Morgan fingerprint density at radius 2 is 1.81 bits per heavy atom. The zero-order valence-electron chi connectivity index (χ0n) is 15.2. The van der Waals surface area contributed by atoms with Crippen molar-refractivity contribution in [3.63, 3.8) is 0 Å². The Bertz CT molecular complexity index is 938. The van der Waals surface area contributed by atoms with E-state index in [1.807, 2.05) is 43.5 Å². The van der Waals surface area contributed by atoms with Gasteiger partial charge in [-0.1, -0.05) is 18.2 Å². The molecule has 3 rings (SSSR count). The summed E-state index contributed by atoms with van der Waals surface area (Å²) in [6.07, 6.45) is 0. The van der Waals surface area contributed by atoms with E-state index in [1.165, 1.54) is 14.2 Å². The first-order valence-electron chi connectivity index (χ1n) is 8.24. The first kappa shape index (κ1) is 18.4. The number of esters is 1. The molecular weight excluding hydrogens is 350 g/mol. The molecular formula is C20H21NO4S. The molecule has 5 nitrogen and oxygen atoms in total. The highest BCUT2D eigenvalue weighted by Gasteiger charge is 2.37. The maximum absolute atomic E-state index is 12.8. The molecule has 0 fully saturated rings. The number of carbonyl (C=O) groups is 2. The fraction of sp³-hybridized carbons (Fsp3) is 0.300. The molecule has 0 spiro atoms. The molecule has 1 aliphatic rings. The van der Waals surface area contributed by atoms with Crippen LogP contribution in [0, 0.1) is 0 Å². The zero-order chi connectivity index (χ0) is 18.8. The molecule has 0 saturated carbocycles. The van der Waals surface area contributed by atoms with E-state index in [-0.39, 0.29) is 12.4 Å². The van der Waals surface area contributed by atoms with E-state index in [4.69, 9.17) is 9.47 Å². The number of nitrogens with one attached hydrogen (secondary N) is 1. The number of hydrogen-bond acceptors (Lipinski definition) is 6. The number of ether oxygens (including phenoxy) is 2. The molecule has 1 N–H and O–H groups in total. The molecule has 0 amide bonds. The summed E-state index contributed by atoms with van der Waals surface area (Å²) >= 11 is 1.60. The Kier molecular flexibility index (Phi) is 5.25. The fourth-order valence-electron chi connectivity index (χ4n) is 3.49. The van der Waals surface area contributed by atoms with Crippen LogP contribution in [0.3, 0.4) is 0 Å². The number of Topliss-reactive ketones (excluding diaryl/α,β-unsaturated/α-hetero) is 1. The summed E-state index contributed by atoms with van der Waals surface area (Å²) in [6.45, 7) is 3.64. The summed E-state index contributed by atoms with van der Waals surface area (Å²) in [7, 11) is 2.84. The predicted octanol–water partition coefficient (Wildman–Crippen LogP) is 3.52. The normalized spacial score (nSPS) is 17.5. The third-order valence-corrected chi connectivity index (χ3v) is 5.55. The first-order valence-corrected chi connectivity index (χ1v) is 9.12. The van der Waals surface area contributed by atoms with Crippen LogP contribution >= 0.6 is 11.3 Å². The lowest BCUT2D eigenvalue weighted by Crippen LogP contribution is -2.32. The van der Waals surface area contributed by atoms with Gasteiger partial charge in [-0.15, -0.1) is 11.3 Å². The number of allylic oxidation sites excluding steroid dienone is 2. The highest BCUT2D eigenvalue weighted by atomic mass is 32.1. The smallest absolute Gasteiger partial charge is 0.336 e. The summed E-state index contributed by atoms with van der Waals surface area (Å²) in [4.78, 5) is 25.4. The third kappa shape index (κ3) is 3.06. The lowest BCUT2D eigenvalue weighted by Gasteiger charge is -2.30. The van der Waals surface area contributed by atoms with E-state index >= 15 is 0 Å². The molecule has 1 aromatic heterocycles. The number of methoxy groups -OCH3 is 2. The number of hydrogen-bond donors (Lipinski definition) is 1. The predicted molar refractivity (Wildman–Crippen MR) is 102 cm³/mol. The number of dihydropyridines is 1. The van der Waals surface area contributed by atoms with Gasteiger partial charge in [0.1, 0.15) is 6.61 Å². The molecule has 1 atom stereocenters. The Balaban J connectivity index is 2.26. The minimum absolute atomic E-state index is 0.0412. The van der Waals surface area contributed by atoms with Gasteiger partial charge in [0.2, 0.25) is 0 Å². The zero-order valence-corrected chi connectivity index (χ0v) is 16.0. The van der Waals surface area contributed by atoms with Crippen molar-refractivity contribution in [1.29, 1.82) is 0 Å². The van der Waals surface area contributed by atoms with E-state index in [2.05, 4.69) is 5.32 Å². The van der Waals surface area contributed by atoms with Gasteiger partial charge in [-0.2, -0.15) is 0 Å². The second kappa shape index (κ2) is 7.43. The third-order valence-electron chi connectivity index (χ3n) is 4.56. The minimum atomic E-state index is -0.484. The van der Waals surface area contributed by atoms with Gasteiger partial charge in [-0.05, 0) is 36.2 Å². The van der Waals surface area contributed by atoms with Crippen molar-refractivity contribution in [3.8, 4) is 0 Å². The minimum Gasteiger partial charge on any atom is -0.466 e. The maximum atomic E-state index is 12.8. The highest BCUT2D eigenvalue weighted by molar-refractivity contribution is 7.17. The van der Waals surface area contributed by atoms with Crippen molar-refractivity contribution in [3.05, 3.63) is 57.7 Å². The van der Waals surface area contributed by atoms with Crippen molar-refractivity contribution >= 4 is 33.2 Å². The van der Waals surface area contributed by atoms with Crippen LogP contribution in [0.15, 0.2) is 52.2 Å². The van der Waals surface area contributed by atoms with E-state index in [1.54, 1.807) is 11.3 Å². The Morgan fingerprint density at radius 3 is 2.50 bits per heavy atom. The van der Waals surface area contributed by atoms with Gasteiger partial charge < -0.3 is 14.8 Å². The van der Waals surface area contributed by atoms with Crippen molar-refractivity contribution in [2.45, 2.75) is 19.8 Å². The fourth-order valence-corrected chi connectivity index (χ4v) is 4.47. The van der Waals surface area contributed by atoms with Crippen LogP contribution in [0.2, 0.25) is 0 Å². The van der Waals surface area contributed by atoms with Crippen LogP contribution in [0.4, 0.5) is 0 Å². The van der Waals surface area contributed by atoms with E-state index < -0.39 is 11.9 Å². The van der Waals surface area contributed by atoms with Gasteiger partial charge in [0.15, 0.2) is 5.78 Å². The number of benzene rings is 1. The van der Waals surface area contributed by atoms with Crippen LogP contribution in [0.5, 0.6) is 0 Å². The molecule has 1 aliphatic heterocycles. The molecule has 1 unspecified atom stereocenters. The second-order valence-corrected chi connectivity index (χ2v) is 7.08. The van der Waals surface area contributed by atoms with Gasteiger partial charge in [0, 0.05) is 34.7 Å². The number of ketones is 1. The molecule has 2 heterocycles. The standard InChI is InChI=1S/C20H21NO4S/c1-11-17(15(22)9-24-3)19(18(12(2)21-11)20(23)25-4)14-10-26-16-8-6-5-7-13(14)16/h5-8,10,19,21H,9H2,1-4H3. The van der Waals surface area contributed by atoms with Crippen LogP contribution < -0.4 is 5.32 Å². The highest BCUT2D eigenvalue weighted by Crippen LogP contribution is 2.43. The van der Waals surface area contributed by atoms with E-state index in [9.17, 15) is 9.59 Å². The molecule has 0 aliphatic carbocycles. The summed E-state index contributed by atoms with van der Waals surface area (Å²) in [5.74, 6) is -1.07. The molecule has 6 heteroatoms. The average Bonchev–Trinajstić information content (AvgIpc) is 3.04. The van der Waals surface area contributed by atoms with Crippen LogP contribution in [0.25, 0.3) is 10.1 Å². The molecule has 136 valence electrons. The van der Waals surface area contributed by atoms with Crippen LogP contribution in [0.1, 0.15) is 25.3 Å². The number of rotatable bonds is 5. The summed E-state index contributed by atoms with van der Waals surface area (Å²) in [5, 5.41) is 6.21. The van der Waals surface area contributed by atoms with Crippen molar-refractivity contribution in [2.24, 2.45) is 0 Å². The van der Waals surface area contributed by atoms with Gasteiger partial charge in [0.25, 0.3) is 0 Å². The summed E-state index contributed by atoms with van der Waals surface area (Å²) < 4.78 is 11.2. The Labute approximate surface area is 156 Å². The lowest BCUT2D eigenvalue weighted by molar-refractivity contribution is -0.136. The Hall–Kier alpha value is -2.44. The van der Waals surface area contributed by atoms with Crippen molar-refractivity contribution < 1.29 is 19.1 Å². The molecule has 26 heavy (non-hydrogen) atoms. The number of carbonyl (C=O) groups excluding carboxylic acids is 2. The average molecular weight is 371 g/mol. The Morgan fingerprint density at radius 1 is 1.12 bits per heavy atom. The molecule has 0 radical (unpaired) electrons. The molecule has 2 aromatic rings. The summed E-state index contributed by atoms with van der Waals surface area (Å²) in [5.41, 5.74) is 3.37. The van der Waals surface area contributed by atoms with Gasteiger partial charge >= 0.3 is 5.97 Å². The molecule has 0 bridgehead atoms. The van der Waals surface area contributed by atoms with Gasteiger partial charge in [-0.25, -0.2) is 4.79 Å². The van der Waals surface area contributed by atoms with Crippen LogP contribution in [-0.4, -0.2) is 32.6 Å². The van der Waals surface area contributed by atoms with Gasteiger partial charge in [0.05, 0.1) is 12.7 Å². The topological polar surface area (TPSA) is 64.6 Å². The summed E-state index contributed by atoms with van der Waals surface area (Å²) in [6, 6.07) is 7.99. The molecule has 0 saturated heterocycles. The largest absolute Gasteiger partial charge is 0.466 e. The quantitative estimate of drug-likeness (QED) is 0.815. The number of fused-ring (bicyclic) bond motifs is 1. The van der Waals surface area contributed by atoms with Crippen LogP contribution in [-0.2, 0) is 19.1 Å². The van der Waals surface area contributed by atoms with Gasteiger partial charge in [-0.3, -0.25) is 4.79 Å². The second-order valence-electron chi connectivity index (χ2n) is 6.17. The maximum Gasteiger partial charge on any atom is 0.336 e. The van der Waals surface area contributed by atoms with Crippen molar-refractivity contribution in [2.75, 3.05) is 20.8 Å². The lowest BCUT2D eigenvalue weighted by atomic mass is 9.78.